The van der Waals surface area contributed by atoms with Crippen LogP contribution in [0.2, 0.25) is 10.0 Å². The van der Waals surface area contributed by atoms with Gasteiger partial charge in [0.1, 0.15) is 11.8 Å². The summed E-state index contributed by atoms with van der Waals surface area (Å²) in [6.45, 7) is 0.0490. The predicted octanol–water partition coefficient (Wildman–Crippen LogP) is 2.67. The van der Waals surface area contributed by atoms with E-state index < -0.39 is 35.2 Å². The summed E-state index contributed by atoms with van der Waals surface area (Å²) in [5.41, 5.74) is 0.695. The van der Waals surface area contributed by atoms with Crippen LogP contribution >= 0.6 is 23.2 Å². The molecule has 2 aromatic rings. The molecule has 0 aromatic heterocycles. The zero-order valence-electron chi connectivity index (χ0n) is 17.2. The molecule has 33 heavy (non-hydrogen) atoms. The molecule has 0 saturated heterocycles. The van der Waals surface area contributed by atoms with Crippen LogP contribution in [-0.4, -0.2) is 36.5 Å². The molecule has 168 valence electrons. The lowest BCUT2D eigenvalue weighted by Gasteiger charge is -2.11. The Labute approximate surface area is 200 Å². The number of halogens is 2. The van der Waals surface area contributed by atoms with Gasteiger partial charge in [0.15, 0.2) is 0 Å². The molecule has 0 spiro atoms. The number of ketones is 2. The number of benzene rings is 2. The van der Waals surface area contributed by atoms with Gasteiger partial charge in [0.2, 0.25) is 11.6 Å². The fourth-order valence-electron chi connectivity index (χ4n) is 2.81. The highest BCUT2D eigenvalue weighted by Gasteiger charge is 2.27. The molecule has 0 aliphatic carbocycles. The Morgan fingerprint density at radius 2 is 1.03 bits per heavy atom. The van der Waals surface area contributed by atoms with Crippen LogP contribution in [0.15, 0.2) is 48.5 Å². The second-order valence-corrected chi connectivity index (χ2v) is 7.69. The van der Waals surface area contributed by atoms with Gasteiger partial charge in [-0.15, -0.1) is 0 Å². The summed E-state index contributed by atoms with van der Waals surface area (Å²) in [4.78, 5) is 48.7. The first-order valence-electron chi connectivity index (χ1n) is 9.72. The van der Waals surface area contributed by atoms with Crippen molar-refractivity contribution in [1.29, 1.82) is 10.5 Å². The van der Waals surface area contributed by atoms with Crippen molar-refractivity contribution in [3.8, 4) is 12.1 Å². The second-order valence-electron chi connectivity index (χ2n) is 6.82. The minimum absolute atomic E-state index is 0.0245. The zero-order chi connectivity index (χ0) is 24.4. The first kappa shape index (κ1) is 25.5. The smallest absolute Gasteiger partial charge is 0.289 e. The summed E-state index contributed by atoms with van der Waals surface area (Å²) in [7, 11) is 0. The molecular formula is C23H18Cl2N4O4. The van der Waals surface area contributed by atoms with Gasteiger partial charge in [-0.25, -0.2) is 0 Å². The maximum Gasteiger partial charge on any atom is 0.289 e. The summed E-state index contributed by atoms with van der Waals surface area (Å²) >= 11 is 11.6. The van der Waals surface area contributed by atoms with Crippen molar-refractivity contribution >= 4 is 46.6 Å². The minimum Gasteiger partial charge on any atom is -0.349 e. The number of rotatable bonds is 10. The number of nitrogens with zero attached hydrogens (tertiary/aromatic N) is 2. The molecule has 2 N–H and O–H groups in total. The van der Waals surface area contributed by atoms with Gasteiger partial charge in [0.05, 0.1) is 12.1 Å². The van der Waals surface area contributed by atoms with Crippen LogP contribution in [0, 0.1) is 22.7 Å². The molecule has 2 atom stereocenters. The molecule has 0 fully saturated rings. The van der Waals surface area contributed by atoms with E-state index in [9.17, 15) is 29.7 Å². The molecule has 0 unspecified atom stereocenters. The number of carbonyl (C=O) groups excluding carboxylic acids is 4. The quantitative estimate of drug-likeness (QED) is 0.392. The third kappa shape index (κ3) is 7.15. The summed E-state index contributed by atoms with van der Waals surface area (Å²) < 4.78 is 0. The van der Waals surface area contributed by atoms with Gasteiger partial charge in [-0.1, -0.05) is 47.5 Å². The van der Waals surface area contributed by atoms with Crippen LogP contribution in [0.1, 0.15) is 29.4 Å². The number of nitriles is 2. The molecule has 2 amide bonds. The van der Waals surface area contributed by atoms with E-state index in [1.54, 1.807) is 12.1 Å². The van der Waals surface area contributed by atoms with Crippen LogP contribution in [0.25, 0.3) is 0 Å². The van der Waals surface area contributed by atoms with Crippen LogP contribution in [0.3, 0.4) is 0 Å². The normalized spacial score (nSPS) is 11.9. The van der Waals surface area contributed by atoms with Gasteiger partial charge in [-0.05, 0) is 41.8 Å². The summed E-state index contributed by atoms with van der Waals surface area (Å²) in [6, 6.07) is 15.6. The predicted molar refractivity (Wildman–Crippen MR) is 120 cm³/mol. The van der Waals surface area contributed by atoms with Gasteiger partial charge >= 0.3 is 0 Å². The van der Waals surface area contributed by atoms with Gasteiger partial charge in [-0.3, -0.25) is 19.2 Å². The Morgan fingerprint density at radius 1 is 0.697 bits per heavy atom. The maximum absolute atomic E-state index is 12.3. The highest BCUT2D eigenvalue weighted by Crippen LogP contribution is 2.20. The largest absolute Gasteiger partial charge is 0.349 e. The summed E-state index contributed by atoms with van der Waals surface area (Å²) in [5, 5.41) is 24.1. The van der Waals surface area contributed by atoms with Crippen molar-refractivity contribution < 1.29 is 19.2 Å². The molecule has 2 rings (SSSR count). The molecule has 0 saturated carbocycles. The van der Waals surface area contributed by atoms with Crippen molar-refractivity contribution in [2.45, 2.75) is 18.3 Å². The van der Waals surface area contributed by atoms with E-state index >= 15 is 0 Å². The number of hydrogen-bond donors (Lipinski definition) is 2. The van der Waals surface area contributed by atoms with Crippen molar-refractivity contribution in [3.63, 3.8) is 0 Å². The van der Waals surface area contributed by atoms with Crippen LogP contribution in [0.4, 0.5) is 0 Å². The summed E-state index contributed by atoms with van der Waals surface area (Å²) in [5.74, 6) is -6.25. The fraction of sp³-hybridized carbons (Fsp3) is 0.217. The van der Waals surface area contributed by atoms with Crippen molar-refractivity contribution in [3.05, 3.63) is 69.7 Å². The monoisotopic (exact) mass is 484 g/mol. The lowest BCUT2D eigenvalue weighted by atomic mass is 9.95. The number of carbonyl (C=O) groups is 4. The molecule has 10 heteroatoms. The van der Waals surface area contributed by atoms with E-state index in [1.165, 1.54) is 48.5 Å². The van der Waals surface area contributed by atoms with Crippen LogP contribution in [0.5, 0.6) is 0 Å². The number of hydrogen-bond acceptors (Lipinski definition) is 6. The maximum atomic E-state index is 12.3. The van der Waals surface area contributed by atoms with E-state index in [-0.39, 0.29) is 19.5 Å². The molecule has 0 aliphatic rings. The van der Waals surface area contributed by atoms with Gasteiger partial charge in [0, 0.05) is 23.1 Å². The summed E-state index contributed by atoms with van der Waals surface area (Å²) in [6.07, 6.45) is 0.217. The topological polar surface area (TPSA) is 140 Å². The van der Waals surface area contributed by atoms with Crippen molar-refractivity contribution in [2.24, 2.45) is 0 Å². The van der Waals surface area contributed by atoms with Crippen LogP contribution in [-0.2, 0) is 19.2 Å². The zero-order valence-corrected chi connectivity index (χ0v) is 18.7. The van der Waals surface area contributed by atoms with Crippen LogP contribution < -0.4 is 10.6 Å². The Bertz CT molecular complexity index is 1030. The number of amides is 2. The SMILES string of the molecule is N#C[C@H](C(=O)C(=O)NCCCNC(=O)C(=O)[C@@H](C#N)c1ccc(Cl)cc1)c1ccc(Cl)cc1. The number of Topliss-reactive ketones (excluding diaryl/α,β-unsaturated/α-hetero) is 2. The third-order valence-corrected chi connectivity index (χ3v) is 5.07. The molecule has 8 nitrogen and oxygen atoms in total. The van der Waals surface area contributed by atoms with E-state index in [0.717, 1.165) is 0 Å². The highest BCUT2D eigenvalue weighted by molar-refractivity contribution is 6.39. The Morgan fingerprint density at radius 3 is 1.33 bits per heavy atom. The van der Waals surface area contributed by atoms with Crippen molar-refractivity contribution in [1.82, 2.24) is 10.6 Å². The van der Waals surface area contributed by atoms with E-state index in [2.05, 4.69) is 10.6 Å². The standard InChI is InChI=1S/C23H18Cl2N4O4/c24-16-6-2-14(3-7-16)18(12-26)20(30)22(32)28-10-1-11-29-23(33)21(31)19(13-27)15-4-8-17(25)9-5-15/h2-9,18-19H,1,10-11H2,(H,28,32)(H,29,33)/t18-,19-/m0/s1. The number of nitrogens with one attached hydrogen (secondary N) is 2. The van der Waals surface area contributed by atoms with E-state index in [1.807, 2.05) is 0 Å². The average Bonchev–Trinajstić information content (AvgIpc) is 2.81. The lowest BCUT2D eigenvalue weighted by Crippen LogP contribution is -2.38. The lowest BCUT2D eigenvalue weighted by molar-refractivity contribution is -0.138. The first-order valence-corrected chi connectivity index (χ1v) is 10.5. The van der Waals surface area contributed by atoms with Gasteiger partial charge in [0.25, 0.3) is 11.8 Å². The van der Waals surface area contributed by atoms with Crippen molar-refractivity contribution in [2.75, 3.05) is 13.1 Å². The molecule has 0 radical (unpaired) electrons. The molecule has 0 bridgehead atoms. The van der Waals surface area contributed by atoms with Gasteiger partial charge in [-0.2, -0.15) is 10.5 Å². The fourth-order valence-corrected chi connectivity index (χ4v) is 3.06. The first-order chi connectivity index (χ1) is 15.8. The molecule has 0 heterocycles. The average molecular weight is 485 g/mol. The van der Waals surface area contributed by atoms with Gasteiger partial charge < -0.3 is 10.6 Å². The van der Waals surface area contributed by atoms with E-state index in [4.69, 9.17) is 23.2 Å². The second kappa shape index (κ2) is 12.4. The molecule has 2 aromatic carbocycles. The Balaban J connectivity index is 1.79. The molecule has 0 aliphatic heterocycles. The Kier molecular flexibility index (Phi) is 9.56. The Hall–Kier alpha value is -3.72. The highest BCUT2D eigenvalue weighted by atomic mass is 35.5. The minimum atomic E-state index is -1.27. The van der Waals surface area contributed by atoms with E-state index in [0.29, 0.717) is 21.2 Å². The molecular weight excluding hydrogens is 467 g/mol. The third-order valence-electron chi connectivity index (χ3n) is 4.56.